The Balaban J connectivity index is 1.58. The second-order valence-electron chi connectivity index (χ2n) is 7.70. The van der Waals surface area contributed by atoms with Gasteiger partial charge in [0.1, 0.15) is 0 Å². The average Bonchev–Trinajstić information content (AvgIpc) is 2.88. The van der Waals surface area contributed by atoms with E-state index in [0.29, 0.717) is 12.0 Å². The maximum absolute atomic E-state index is 6.83. The van der Waals surface area contributed by atoms with Gasteiger partial charge in [0.15, 0.2) is 0 Å². The fraction of sp³-hybridized carbons (Fsp3) is 1.00. The lowest BCUT2D eigenvalue weighted by Crippen LogP contribution is -2.78. The number of nitrogens with zero attached hydrogens (tertiary/aromatic N) is 1. The molecule has 3 unspecified atom stereocenters. The summed E-state index contributed by atoms with van der Waals surface area (Å²) in [6, 6.07) is 0. The zero-order valence-corrected chi connectivity index (χ0v) is 13.2. The van der Waals surface area contributed by atoms with Crippen LogP contribution in [0.4, 0.5) is 0 Å². The van der Waals surface area contributed by atoms with Crippen LogP contribution in [0.3, 0.4) is 0 Å². The number of fused-ring (bicyclic) bond motifs is 1. The monoisotopic (exact) mass is 282 g/mol. The third-order valence-corrected chi connectivity index (χ3v) is 6.11. The van der Waals surface area contributed by atoms with Crippen molar-refractivity contribution in [1.29, 1.82) is 0 Å². The lowest BCUT2D eigenvalue weighted by Gasteiger charge is -2.63. The molecule has 2 saturated heterocycles. The minimum atomic E-state index is -0.0892. The van der Waals surface area contributed by atoms with E-state index in [1.54, 1.807) is 0 Å². The van der Waals surface area contributed by atoms with E-state index in [9.17, 15) is 0 Å². The van der Waals surface area contributed by atoms with Gasteiger partial charge < -0.3 is 20.1 Å². The molecule has 1 saturated carbocycles. The smallest absolute Gasteiger partial charge is 0.0691 e. The van der Waals surface area contributed by atoms with Crippen molar-refractivity contribution in [2.75, 3.05) is 40.0 Å². The van der Waals surface area contributed by atoms with Crippen LogP contribution < -0.4 is 5.73 Å². The molecular weight excluding hydrogens is 252 g/mol. The summed E-state index contributed by atoms with van der Waals surface area (Å²) in [5.41, 5.74) is 6.83. The minimum Gasteiger partial charge on any atom is -0.381 e. The van der Waals surface area contributed by atoms with E-state index in [2.05, 4.69) is 25.8 Å². The number of likely N-dealkylation sites (N-methyl/N-ethyl adjacent to an activating group) is 1. The van der Waals surface area contributed by atoms with E-state index in [4.69, 9.17) is 15.2 Å². The predicted octanol–water partition coefficient (Wildman–Crippen LogP) is 1.49. The van der Waals surface area contributed by atoms with Gasteiger partial charge in [0.25, 0.3) is 0 Å². The number of ether oxygens (including phenoxy) is 2. The Morgan fingerprint density at radius 1 is 1.15 bits per heavy atom. The van der Waals surface area contributed by atoms with Gasteiger partial charge in [-0.3, -0.25) is 0 Å². The molecule has 0 aromatic carbocycles. The van der Waals surface area contributed by atoms with Crippen LogP contribution in [0, 0.1) is 17.3 Å². The molecule has 2 aliphatic heterocycles. The van der Waals surface area contributed by atoms with E-state index >= 15 is 0 Å². The first kappa shape index (κ1) is 14.8. The summed E-state index contributed by atoms with van der Waals surface area (Å²) < 4.78 is 11.3. The highest BCUT2D eigenvalue weighted by Crippen LogP contribution is 2.58. The third kappa shape index (κ3) is 2.21. The van der Waals surface area contributed by atoms with E-state index < -0.39 is 0 Å². The molecule has 2 N–H and O–H groups in total. The van der Waals surface area contributed by atoms with Gasteiger partial charge in [-0.25, -0.2) is 0 Å². The maximum Gasteiger partial charge on any atom is 0.0691 e. The number of hydrogen-bond acceptors (Lipinski definition) is 4. The molecular formula is C16H30N2O2. The Kier molecular flexibility index (Phi) is 3.87. The molecule has 3 atom stereocenters. The van der Waals surface area contributed by atoms with Gasteiger partial charge in [0, 0.05) is 49.8 Å². The fourth-order valence-corrected chi connectivity index (χ4v) is 4.68. The molecule has 0 spiro atoms. The second kappa shape index (κ2) is 5.24. The first-order valence-electron chi connectivity index (χ1n) is 8.12. The molecule has 3 rings (SSSR count). The van der Waals surface area contributed by atoms with Crippen LogP contribution in [-0.4, -0.2) is 56.5 Å². The third-order valence-electron chi connectivity index (χ3n) is 6.11. The molecule has 20 heavy (non-hydrogen) atoms. The minimum absolute atomic E-state index is 0.0892. The molecule has 4 heteroatoms. The molecule has 0 amide bonds. The van der Waals surface area contributed by atoms with Gasteiger partial charge in [-0.1, -0.05) is 13.8 Å². The first-order chi connectivity index (χ1) is 9.45. The molecule has 0 aromatic heterocycles. The maximum atomic E-state index is 6.83. The van der Waals surface area contributed by atoms with E-state index in [-0.39, 0.29) is 11.0 Å². The predicted molar refractivity (Wildman–Crippen MR) is 79.6 cm³/mol. The summed E-state index contributed by atoms with van der Waals surface area (Å²) in [5.74, 6) is 1.32. The Bertz CT molecular complexity index is 354. The fourth-order valence-electron chi connectivity index (χ4n) is 4.68. The Morgan fingerprint density at radius 3 is 2.55 bits per heavy atom. The van der Waals surface area contributed by atoms with E-state index in [0.717, 1.165) is 45.2 Å². The molecule has 116 valence electrons. The molecule has 3 aliphatic rings. The Labute approximate surface area is 123 Å². The van der Waals surface area contributed by atoms with Crippen LogP contribution in [0.2, 0.25) is 0 Å². The summed E-state index contributed by atoms with van der Waals surface area (Å²) in [7, 11) is 2.23. The zero-order valence-electron chi connectivity index (χ0n) is 13.2. The zero-order chi connectivity index (χ0) is 14.4. The van der Waals surface area contributed by atoms with Crippen molar-refractivity contribution in [1.82, 2.24) is 4.90 Å². The highest BCUT2D eigenvalue weighted by Gasteiger charge is 2.67. The van der Waals surface area contributed by atoms with Crippen molar-refractivity contribution >= 4 is 0 Å². The Morgan fingerprint density at radius 2 is 1.85 bits per heavy atom. The van der Waals surface area contributed by atoms with Crippen LogP contribution in [0.1, 0.15) is 33.1 Å². The van der Waals surface area contributed by atoms with Crippen molar-refractivity contribution in [3.8, 4) is 0 Å². The quantitative estimate of drug-likeness (QED) is 0.848. The standard InChI is InChI=1S/C16H30N2O2/c1-15(2)14-13(6-9-20-14)16(15,17)11-18(3)10-12-4-7-19-8-5-12/h12-14H,4-11,17H2,1-3H3. The van der Waals surface area contributed by atoms with Crippen molar-refractivity contribution in [3.63, 3.8) is 0 Å². The lowest BCUT2D eigenvalue weighted by atomic mass is 9.48. The van der Waals surface area contributed by atoms with Crippen LogP contribution in [0.5, 0.6) is 0 Å². The number of rotatable bonds is 4. The van der Waals surface area contributed by atoms with Gasteiger partial charge in [-0.05, 0) is 32.2 Å². The Hall–Kier alpha value is -0.160. The number of nitrogens with two attached hydrogens (primary N) is 1. The molecule has 0 aromatic rings. The van der Waals surface area contributed by atoms with Crippen LogP contribution in [0.25, 0.3) is 0 Å². The summed E-state index contributed by atoms with van der Waals surface area (Å²) in [4.78, 5) is 2.45. The highest BCUT2D eigenvalue weighted by molar-refractivity contribution is 5.21. The van der Waals surface area contributed by atoms with E-state index in [1.165, 1.54) is 12.8 Å². The molecule has 2 heterocycles. The normalized spacial score (nSPS) is 40.6. The molecule has 3 fully saturated rings. The van der Waals surface area contributed by atoms with Crippen molar-refractivity contribution in [2.45, 2.75) is 44.8 Å². The van der Waals surface area contributed by atoms with Crippen LogP contribution in [-0.2, 0) is 9.47 Å². The van der Waals surface area contributed by atoms with Gasteiger partial charge >= 0.3 is 0 Å². The summed E-state index contributed by atoms with van der Waals surface area (Å²) in [6.07, 6.45) is 3.90. The van der Waals surface area contributed by atoms with Crippen molar-refractivity contribution in [3.05, 3.63) is 0 Å². The number of hydrogen-bond donors (Lipinski definition) is 1. The topological polar surface area (TPSA) is 47.7 Å². The largest absolute Gasteiger partial charge is 0.381 e. The van der Waals surface area contributed by atoms with Gasteiger partial charge in [-0.2, -0.15) is 0 Å². The summed E-state index contributed by atoms with van der Waals surface area (Å²) in [6.45, 7) is 9.44. The van der Waals surface area contributed by atoms with Gasteiger partial charge in [0.05, 0.1) is 6.10 Å². The molecule has 0 bridgehead atoms. The van der Waals surface area contributed by atoms with Crippen molar-refractivity contribution in [2.24, 2.45) is 23.0 Å². The summed E-state index contributed by atoms with van der Waals surface area (Å²) >= 11 is 0. The van der Waals surface area contributed by atoms with Crippen LogP contribution >= 0.6 is 0 Å². The second-order valence-corrected chi connectivity index (χ2v) is 7.70. The first-order valence-corrected chi connectivity index (χ1v) is 8.12. The SMILES string of the molecule is CN(CC1CCOCC1)CC1(N)C2CCOC2C1(C)C. The van der Waals surface area contributed by atoms with Gasteiger partial charge in [0.2, 0.25) is 0 Å². The van der Waals surface area contributed by atoms with Gasteiger partial charge in [-0.15, -0.1) is 0 Å². The molecule has 1 aliphatic carbocycles. The van der Waals surface area contributed by atoms with Crippen molar-refractivity contribution < 1.29 is 9.47 Å². The molecule has 0 radical (unpaired) electrons. The lowest BCUT2D eigenvalue weighted by molar-refractivity contribution is -0.162. The highest BCUT2D eigenvalue weighted by atomic mass is 16.5. The van der Waals surface area contributed by atoms with Crippen LogP contribution in [0.15, 0.2) is 0 Å². The average molecular weight is 282 g/mol. The van der Waals surface area contributed by atoms with E-state index in [1.807, 2.05) is 0 Å². The molecule has 4 nitrogen and oxygen atoms in total. The summed E-state index contributed by atoms with van der Waals surface area (Å²) in [5, 5.41) is 0.